The first-order valence-electron chi connectivity index (χ1n) is 4.88. The van der Waals surface area contributed by atoms with Crippen LogP contribution in [0.1, 0.15) is 6.42 Å². The Morgan fingerprint density at radius 3 is 3.06 bits per heavy atom. The smallest absolute Gasteiger partial charge is 0.408 e. The Labute approximate surface area is 96.1 Å². The molecule has 17 heavy (non-hydrogen) atoms. The topological polar surface area (TPSA) is 88.0 Å². The summed E-state index contributed by atoms with van der Waals surface area (Å²) >= 11 is 0. The van der Waals surface area contributed by atoms with Crippen LogP contribution in [0, 0.1) is 11.3 Å². The molecule has 2 rings (SSSR count). The van der Waals surface area contributed by atoms with Crippen LogP contribution in [0.25, 0.3) is 11.1 Å². The van der Waals surface area contributed by atoms with Crippen molar-refractivity contribution >= 4 is 22.7 Å². The number of anilines is 1. The van der Waals surface area contributed by atoms with Crippen molar-refractivity contribution in [3.05, 3.63) is 28.7 Å². The van der Waals surface area contributed by atoms with Crippen molar-refractivity contribution in [2.24, 2.45) is 7.05 Å². The number of fused-ring (bicyclic) bond motifs is 1. The highest BCUT2D eigenvalue weighted by atomic mass is 16.4. The Kier molecular flexibility index (Phi) is 2.66. The predicted molar refractivity (Wildman–Crippen MR) is 60.3 cm³/mol. The molecule has 1 amide bonds. The number of oxazole rings is 1. The molecule has 0 aliphatic rings. The molecule has 1 aromatic heterocycles. The van der Waals surface area contributed by atoms with E-state index >= 15 is 0 Å². The number of nitrogens with one attached hydrogen (secondary N) is 1. The number of benzene rings is 1. The maximum absolute atomic E-state index is 11.2. The lowest BCUT2D eigenvalue weighted by molar-refractivity contribution is -0.115. The van der Waals surface area contributed by atoms with E-state index < -0.39 is 11.7 Å². The first kappa shape index (κ1) is 11.0. The quantitative estimate of drug-likeness (QED) is 0.834. The number of nitriles is 1. The van der Waals surface area contributed by atoms with E-state index in [0.29, 0.717) is 16.8 Å². The maximum atomic E-state index is 11.2. The Bertz CT molecular complexity index is 675. The lowest BCUT2D eigenvalue weighted by Gasteiger charge is -2.01. The second-order valence-corrected chi connectivity index (χ2v) is 3.49. The molecule has 6 nitrogen and oxygen atoms in total. The summed E-state index contributed by atoms with van der Waals surface area (Å²) in [4.78, 5) is 22.4. The van der Waals surface area contributed by atoms with Crippen molar-refractivity contribution < 1.29 is 9.21 Å². The van der Waals surface area contributed by atoms with Crippen molar-refractivity contribution in [1.29, 1.82) is 5.26 Å². The first-order valence-corrected chi connectivity index (χ1v) is 4.88. The fraction of sp³-hybridized carbons (Fsp3) is 0.182. The summed E-state index contributed by atoms with van der Waals surface area (Å²) in [5.41, 5.74) is 1.53. The Hall–Kier alpha value is -2.55. The van der Waals surface area contributed by atoms with Crippen LogP contribution in [0.4, 0.5) is 5.69 Å². The lowest BCUT2D eigenvalue weighted by atomic mass is 10.2. The summed E-state index contributed by atoms with van der Waals surface area (Å²) in [5, 5.41) is 10.9. The van der Waals surface area contributed by atoms with Crippen LogP contribution in [0.15, 0.2) is 27.4 Å². The summed E-state index contributed by atoms with van der Waals surface area (Å²) in [6.45, 7) is 0. The third-order valence-electron chi connectivity index (χ3n) is 2.32. The SMILES string of the molecule is Cn1c(=O)oc2cc(NC(=O)CC#N)ccc21. The average molecular weight is 231 g/mol. The zero-order chi connectivity index (χ0) is 12.4. The van der Waals surface area contributed by atoms with E-state index in [1.54, 1.807) is 31.3 Å². The molecule has 0 aliphatic heterocycles. The number of rotatable bonds is 2. The van der Waals surface area contributed by atoms with Crippen LogP contribution in [0.3, 0.4) is 0 Å². The second-order valence-electron chi connectivity index (χ2n) is 3.49. The van der Waals surface area contributed by atoms with Gasteiger partial charge in [-0.25, -0.2) is 4.79 Å². The third-order valence-corrected chi connectivity index (χ3v) is 2.32. The second kappa shape index (κ2) is 4.14. The zero-order valence-corrected chi connectivity index (χ0v) is 9.06. The molecule has 0 radical (unpaired) electrons. The van der Waals surface area contributed by atoms with E-state index in [1.165, 1.54) is 4.57 Å². The molecule has 2 aromatic rings. The van der Waals surface area contributed by atoms with Crippen molar-refractivity contribution in [3.63, 3.8) is 0 Å². The summed E-state index contributed by atoms with van der Waals surface area (Å²) in [6.07, 6.45) is -0.212. The van der Waals surface area contributed by atoms with Crippen LogP contribution in [-0.4, -0.2) is 10.5 Å². The monoisotopic (exact) mass is 231 g/mol. The van der Waals surface area contributed by atoms with Gasteiger partial charge in [-0.05, 0) is 12.1 Å². The van der Waals surface area contributed by atoms with E-state index in [2.05, 4.69) is 5.32 Å². The molecule has 0 spiro atoms. The van der Waals surface area contributed by atoms with Gasteiger partial charge in [0.15, 0.2) is 5.58 Å². The molecule has 0 fully saturated rings. The highest BCUT2D eigenvalue weighted by Gasteiger charge is 2.07. The van der Waals surface area contributed by atoms with E-state index in [0.717, 1.165) is 0 Å². The van der Waals surface area contributed by atoms with Crippen molar-refractivity contribution in [2.45, 2.75) is 6.42 Å². The number of hydrogen-bond donors (Lipinski definition) is 1. The third kappa shape index (κ3) is 2.03. The minimum atomic E-state index is -0.458. The number of nitrogens with zero attached hydrogens (tertiary/aromatic N) is 2. The van der Waals surface area contributed by atoms with Gasteiger partial charge in [0, 0.05) is 18.8 Å². The predicted octanol–water partition coefficient (Wildman–Crippen LogP) is 0.984. The number of carbonyl (C=O) groups is 1. The maximum Gasteiger partial charge on any atom is 0.419 e. The number of carbonyl (C=O) groups excluding carboxylic acids is 1. The number of aryl methyl sites for hydroxylation is 1. The largest absolute Gasteiger partial charge is 0.419 e. The summed E-state index contributed by atoms with van der Waals surface area (Å²) in [5.74, 6) is -0.856. The van der Waals surface area contributed by atoms with Crippen LogP contribution >= 0.6 is 0 Å². The minimum Gasteiger partial charge on any atom is -0.408 e. The number of hydrogen-bond acceptors (Lipinski definition) is 4. The van der Waals surface area contributed by atoms with Gasteiger partial charge in [-0.3, -0.25) is 9.36 Å². The molecule has 0 atom stereocenters. The normalized spacial score (nSPS) is 10.1. The average Bonchev–Trinajstić information content (AvgIpc) is 2.55. The minimum absolute atomic E-state index is 0.212. The summed E-state index contributed by atoms with van der Waals surface area (Å²) in [6, 6.07) is 6.61. The first-order chi connectivity index (χ1) is 8.11. The molecule has 86 valence electrons. The van der Waals surface area contributed by atoms with Crippen molar-refractivity contribution in [3.8, 4) is 6.07 Å². The van der Waals surface area contributed by atoms with Gasteiger partial charge in [-0.1, -0.05) is 0 Å². The van der Waals surface area contributed by atoms with Gasteiger partial charge in [0.2, 0.25) is 5.91 Å². The molecular formula is C11H9N3O3. The van der Waals surface area contributed by atoms with Crippen LogP contribution < -0.4 is 11.1 Å². The van der Waals surface area contributed by atoms with Gasteiger partial charge in [0.25, 0.3) is 0 Å². The van der Waals surface area contributed by atoms with E-state index in [4.69, 9.17) is 9.68 Å². The van der Waals surface area contributed by atoms with Crippen molar-refractivity contribution in [2.75, 3.05) is 5.32 Å². The highest BCUT2D eigenvalue weighted by molar-refractivity contribution is 5.93. The van der Waals surface area contributed by atoms with Gasteiger partial charge in [0.05, 0.1) is 11.6 Å². The fourth-order valence-electron chi connectivity index (χ4n) is 1.49. The molecule has 0 saturated carbocycles. The summed E-state index contributed by atoms with van der Waals surface area (Å²) in [7, 11) is 1.60. The van der Waals surface area contributed by atoms with Gasteiger partial charge < -0.3 is 9.73 Å². The standard InChI is InChI=1S/C11H9N3O3/c1-14-8-3-2-7(13-10(15)4-5-12)6-9(8)17-11(14)16/h2-3,6H,4H2,1H3,(H,13,15). The van der Waals surface area contributed by atoms with Crippen LogP contribution in [0.5, 0.6) is 0 Å². The lowest BCUT2D eigenvalue weighted by Crippen LogP contribution is -2.10. The van der Waals surface area contributed by atoms with Gasteiger partial charge in [-0.15, -0.1) is 0 Å². The molecule has 0 aliphatic carbocycles. The molecule has 0 bridgehead atoms. The van der Waals surface area contributed by atoms with Crippen molar-refractivity contribution in [1.82, 2.24) is 4.57 Å². The Balaban J connectivity index is 2.36. The van der Waals surface area contributed by atoms with E-state index in [1.807, 2.05) is 0 Å². The Morgan fingerprint density at radius 1 is 1.59 bits per heavy atom. The molecule has 1 aromatic carbocycles. The number of aromatic nitrogens is 1. The molecule has 1 heterocycles. The number of amides is 1. The van der Waals surface area contributed by atoms with E-state index in [-0.39, 0.29) is 6.42 Å². The molecule has 6 heteroatoms. The molecule has 0 unspecified atom stereocenters. The molecule has 1 N–H and O–H groups in total. The molecule has 0 saturated heterocycles. The summed E-state index contributed by atoms with van der Waals surface area (Å²) < 4.78 is 6.34. The van der Waals surface area contributed by atoms with E-state index in [9.17, 15) is 9.59 Å². The molecular weight excluding hydrogens is 222 g/mol. The van der Waals surface area contributed by atoms with Gasteiger partial charge >= 0.3 is 5.76 Å². The van der Waals surface area contributed by atoms with Crippen LogP contribution in [-0.2, 0) is 11.8 Å². The highest BCUT2D eigenvalue weighted by Crippen LogP contribution is 2.17. The van der Waals surface area contributed by atoms with Crippen LogP contribution in [0.2, 0.25) is 0 Å². The Morgan fingerprint density at radius 2 is 2.35 bits per heavy atom. The zero-order valence-electron chi connectivity index (χ0n) is 9.06. The van der Waals surface area contributed by atoms with Gasteiger partial charge in [-0.2, -0.15) is 5.26 Å². The fourth-order valence-corrected chi connectivity index (χ4v) is 1.49. The van der Waals surface area contributed by atoms with Gasteiger partial charge in [0.1, 0.15) is 6.42 Å².